The van der Waals surface area contributed by atoms with Crippen LogP contribution in [0.1, 0.15) is 44.5 Å². The second kappa shape index (κ2) is 13.2. The number of carbonyl (C=O) groups is 2. The molecule has 0 atom stereocenters. The lowest BCUT2D eigenvalue weighted by Gasteiger charge is -2.12. The average Bonchev–Trinajstić information content (AvgIpc) is 3.40. The molecule has 0 aliphatic heterocycles. The summed E-state index contributed by atoms with van der Waals surface area (Å²) in [7, 11) is 0. The van der Waals surface area contributed by atoms with Gasteiger partial charge in [0, 0.05) is 40.8 Å². The Balaban J connectivity index is 1.21. The molecule has 0 unspecified atom stereocenters. The number of anilines is 1. The van der Waals surface area contributed by atoms with Crippen LogP contribution in [-0.2, 0) is 19.8 Å². The number of nitrogens with one attached hydrogen (secondary N) is 1. The zero-order valence-corrected chi connectivity index (χ0v) is 24.2. The average molecular weight is 598 g/mol. The number of benzene rings is 3. The van der Waals surface area contributed by atoms with Crippen molar-refractivity contribution >= 4 is 29.2 Å². The lowest BCUT2D eigenvalue weighted by Crippen LogP contribution is -2.16. The molecule has 5 rings (SSSR count). The topological polar surface area (TPSA) is 128 Å². The van der Waals surface area contributed by atoms with E-state index in [1.165, 1.54) is 18.3 Å². The van der Waals surface area contributed by atoms with Crippen LogP contribution in [0.4, 0.5) is 5.69 Å². The lowest BCUT2D eigenvalue weighted by molar-refractivity contribution is 0.0697. The smallest absolute Gasteiger partial charge is 0.337 e. The maximum atomic E-state index is 12.8. The van der Waals surface area contributed by atoms with E-state index in [-0.39, 0.29) is 17.9 Å². The minimum atomic E-state index is -1.20. The molecule has 0 spiro atoms. The molecule has 2 N–H and O–H groups in total. The van der Waals surface area contributed by atoms with Gasteiger partial charge in [-0.15, -0.1) is 0 Å². The van der Waals surface area contributed by atoms with Crippen LogP contribution < -0.4 is 14.8 Å². The minimum Gasteiger partial charge on any atom is -0.489 e. The van der Waals surface area contributed by atoms with E-state index in [1.807, 2.05) is 55.5 Å². The number of nitrogens with zero attached hydrogens (tertiary/aromatic N) is 4. The van der Waals surface area contributed by atoms with Gasteiger partial charge in [0.05, 0.1) is 23.0 Å². The second-order valence-corrected chi connectivity index (χ2v) is 10.0. The number of aryl methyl sites for hydroxylation is 1. The van der Waals surface area contributed by atoms with Crippen molar-refractivity contribution in [1.29, 1.82) is 0 Å². The summed E-state index contributed by atoms with van der Waals surface area (Å²) in [5.41, 5.74) is 3.56. The number of amides is 1. The third-order valence-electron chi connectivity index (χ3n) is 6.61. The first-order chi connectivity index (χ1) is 20.8. The van der Waals surface area contributed by atoms with Gasteiger partial charge in [-0.25, -0.2) is 14.8 Å². The van der Waals surface area contributed by atoms with E-state index < -0.39 is 11.9 Å². The number of aromatic nitrogens is 4. The number of carboxylic acids is 1. The first-order valence-electron chi connectivity index (χ1n) is 13.4. The molecule has 0 bridgehead atoms. The van der Waals surface area contributed by atoms with Crippen LogP contribution in [0, 0.1) is 6.92 Å². The van der Waals surface area contributed by atoms with E-state index in [4.69, 9.17) is 21.1 Å². The maximum Gasteiger partial charge on any atom is 0.337 e. The highest BCUT2D eigenvalue weighted by Gasteiger charge is 2.18. The molecular formula is C32H28ClN5O5. The van der Waals surface area contributed by atoms with E-state index in [2.05, 4.69) is 20.4 Å². The third-order valence-corrected chi connectivity index (χ3v) is 6.85. The number of hydrogen-bond acceptors (Lipinski definition) is 7. The van der Waals surface area contributed by atoms with Crippen molar-refractivity contribution < 1.29 is 24.2 Å². The molecule has 2 heterocycles. The number of halogens is 1. The van der Waals surface area contributed by atoms with Gasteiger partial charge in [-0.3, -0.25) is 9.48 Å². The SMILES string of the molecule is CCn1ncc(C(=O)Nc2ccc(OCc3cnc(-c4cccc(OCc5cccc(Cl)c5)c4)nc3)cc2C(=O)O)c1C. The number of hydrogen-bond donors (Lipinski definition) is 2. The van der Waals surface area contributed by atoms with E-state index in [0.29, 0.717) is 52.3 Å². The predicted octanol–water partition coefficient (Wildman–Crippen LogP) is 6.43. The van der Waals surface area contributed by atoms with Crippen molar-refractivity contribution in [2.75, 3.05) is 5.32 Å². The molecule has 0 radical (unpaired) electrons. The summed E-state index contributed by atoms with van der Waals surface area (Å²) in [6.07, 6.45) is 4.76. The van der Waals surface area contributed by atoms with Crippen LogP contribution in [0.2, 0.25) is 5.02 Å². The van der Waals surface area contributed by atoms with Gasteiger partial charge < -0.3 is 19.9 Å². The molecule has 0 aliphatic rings. The van der Waals surface area contributed by atoms with Crippen LogP contribution in [-0.4, -0.2) is 36.7 Å². The van der Waals surface area contributed by atoms with Crippen molar-refractivity contribution in [3.63, 3.8) is 0 Å². The normalized spacial score (nSPS) is 10.8. The summed E-state index contributed by atoms with van der Waals surface area (Å²) in [4.78, 5) is 33.6. The molecule has 3 aromatic carbocycles. The Labute approximate surface area is 252 Å². The van der Waals surface area contributed by atoms with Gasteiger partial charge in [0.2, 0.25) is 0 Å². The zero-order chi connectivity index (χ0) is 30.3. The lowest BCUT2D eigenvalue weighted by atomic mass is 10.1. The Kier molecular flexibility index (Phi) is 8.97. The number of ether oxygens (including phenoxy) is 2. The summed E-state index contributed by atoms with van der Waals surface area (Å²) in [5, 5.41) is 17.3. The van der Waals surface area contributed by atoms with Crippen molar-refractivity contribution in [3.05, 3.63) is 118 Å². The van der Waals surface area contributed by atoms with E-state index >= 15 is 0 Å². The van der Waals surface area contributed by atoms with Gasteiger partial charge in [0.25, 0.3) is 5.91 Å². The van der Waals surface area contributed by atoms with Gasteiger partial charge in [0.15, 0.2) is 5.82 Å². The number of aromatic carboxylic acids is 1. The molecule has 1 amide bonds. The molecule has 10 nitrogen and oxygen atoms in total. The Bertz CT molecular complexity index is 1770. The Morgan fingerprint density at radius 1 is 0.884 bits per heavy atom. The second-order valence-electron chi connectivity index (χ2n) is 9.58. The van der Waals surface area contributed by atoms with Gasteiger partial charge in [-0.2, -0.15) is 5.10 Å². The fourth-order valence-corrected chi connectivity index (χ4v) is 4.55. The maximum absolute atomic E-state index is 12.8. The minimum absolute atomic E-state index is 0.101. The number of rotatable bonds is 11. The van der Waals surface area contributed by atoms with Crippen LogP contribution in [0.5, 0.6) is 11.5 Å². The summed E-state index contributed by atoms with van der Waals surface area (Å²) in [6.45, 7) is 4.81. The quantitative estimate of drug-likeness (QED) is 0.178. The van der Waals surface area contributed by atoms with Gasteiger partial charge in [0.1, 0.15) is 24.7 Å². The fourth-order valence-electron chi connectivity index (χ4n) is 4.34. The van der Waals surface area contributed by atoms with Crippen molar-refractivity contribution in [2.45, 2.75) is 33.6 Å². The highest BCUT2D eigenvalue weighted by atomic mass is 35.5. The van der Waals surface area contributed by atoms with E-state index in [1.54, 1.807) is 30.1 Å². The van der Waals surface area contributed by atoms with Crippen LogP contribution >= 0.6 is 11.6 Å². The molecule has 2 aromatic heterocycles. The molecule has 0 saturated carbocycles. The molecule has 43 heavy (non-hydrogen) atoms. The highest BCUT2D eigenvalue weighted by molar-refractivity contribution is 6.30. The van der Waals surface area contributed by atoms with E-state index in [9.17, 15) is 14.7 Å². The summed E-state index contributed by atoms with van der Waals surface area (Å²) < 4.78 is 13.4. The highest BCUT2D eigenvalue weighted by Crippen LogP contribution is 2.25. The molecule has 0 fully saturated rings. The predicted molar refractivity (Wildman–Crippen MR) is 162 cm³/mol. The zero-order valence-electron chi connectivity index (χ0n) is 23.5. The van der Waals surface area contributed by atoms with Crippen molar-refractivity contribution in [2.24, 2.45) is 0 Å². The monoisotopic (exact) mass is 597 g/mol. The van der Waals surface area contributed by atoms with Crippen LogP contribution in [0.15, 0.2) is 85.3 Å². The van der Waals surface area contributed by atoms with Gasteiger partial charge >= 0.3 is 5.97 Å². The Hall–Kier alpha value is -5.22. The summed E-state index contributed by atoms with van der Waals surface area (Å²) >= 11 is 6.05. The van der Waals surface area contributed by atoms with Gasteiger partial charge in [-0.05, 0) is 61.9 Å². The Morgan fingerprint density at radius 2 is 1.60 bits per heavy atom. The number of carboxylic acid groups (broad SMARTS) is 1. The standard InChI is InChI=1S/C32H28ClN5O5/c1-3-38-20(2)28(17-36-38)31(39)37-29-11-10-26(14-27(29)32(40)41)43-19-22-15-34-30(35-16-22)23-7-5-9-25(13-23)42-18-21-6-4-8-24(33)12-21/h4-17H,3,18-19H2,1-2H3,(H,37,39)(H,40,41). The van der Waals surface area contributed by atoms with E-state index in [0.717, 1.165) is 11.1 Å². The molecule has 11 heteroatoms. The third kappa shape index (κ3) is 7.17. The molecule has 218 valence electrons. The Morgan fingerprint density at radius 3 is 2.30 bits per heavy atom. The molecule has 0 aliphatic carbocycles. The van der Waals surface area contributed by atoms with Crippen LogP contribution in [0.25, 0.3) is 11.4 Å². The fraction of sp³-hybridized carbons (Fsp3) is 0.156. The molecular weight excluding hydrogens is 570 g/mol. The molecule has 5 aromatic rings. The van der Waals surface area contributed by atoms with Crippen LogP contribution in [0.3, 0.4) is 0 Å². The van der Waals surface area contributed by atoms with Crippen molar-refractivity contribution in [3.8, 4) is 22.9 Å². The molecule has 0 saturated heterocycles. The first-order valence-corrected chi connectivity index (χ1v) is 13.8. The summed E-state index contributed by atoms with van der Waals surface area (Å²) in [6, 6.07) is 19.4. The van der Waals surface area contributed by atoms with Crippen molar-refractivity contribution in [1.82, 2.24) is 19.7 Å². The first kappa shape index (κ1) is 29.3. The van der Waals surface area contributed by atoms with Gasteiger partial charge in [-0.1, -0.05) is 35.9 Å². The largest absolute Gasteiger partial charge is 0.489 e. The summed E-state index contributed by atoms with van der Waals surface area (Å²) in [5.74, 6) is -0.130. The number of carbonyl (C=O) groups excluding carboxylic acids is 1.